The first-order valence-corrected chi connectivity index (χ1v) is 22.6. The van der Waals surface area contributed by atoms with Crippen molar-refractivity contribution in [3.63, 3.8) is 0 Å². The van der Waals surface area contributed by atoms with Crippen molar-refractivity contribution in [3.8, 4) is 0 Å². The predicted molar refractivity (Wildman–Crippen MR) is 225 cm³/mol. The Kier molecular flexibility index (Phi) is 34.5. The van der Waals surface area contributed by atoms with Crippen LogP contribution in [0.3, 0.4) is 0 Å². The van der Waals surface area contributed by atoms with Crippen LogP contribution < -0.4 is 0 Å². The van der Waals surface area contributed by atoms with Crippen LogP contribution in [0.1, 0.15) is 149 Å². The maximum absolute atomic E-state index is 12.6. The van der Waals surface area contributed by atoms with Gasteiger partial charge in [0.1, 0.15) is 19.8 Å². The van der Waals surface area contributed by atoms with Crippen LogP contribution in [0, 0.1) is 0 Å². The van der Waals surface area contributed by atoms with Crippen molar-refractivity contribution >= 4 is 19.8 Å². The molecule has 0 aromatic heterocycles. The number of nitrogens with zero attached hydrogens (tertiary/aromatic N) is 1. The number of esters is 2. The Morgan fingerprint density at radius 1 is 0.655 bits per heavy atom. The summed E-state index contributed by atoms with van der Waals surface area (Å²) in [6.07, 6.45) is 38.7. The summed E-state index contributed by atoms with van der Waals surface area (Å²) >= 11 is 0. The van der Waals surface area contributed by atoms with Crippen LogP contribution in [0.25, 0.3) is 0 Å². The molecule has 0 aliphatic heterocycles. The van der Waals surface area contributed by atoms with Crippen molar-refractivity contribution in [1.82, 2.24) is 0 Å². The molecule has 0 heterocycles. The summed E-state index contributed by atoms with van der Waals surface area (Å²) in [5.74, 6) is -0.945. The molecule has 0 aliphatic carbocycles. The van der Waals surface area contributed by atoms with Crippen LogP contribution in [0.4, 0.5) is 0 Å². The lowest BCUT2D eigenvalue weighted by atomic mass is 10.1. The maximum atomic E-state index is 12.6. The topological polar surface area (TPSA) is 129 Å². The van der Waals surface area contributed by atoms with Crippen LogP contribution in [-0.4, -0.2) is 86.1 Å². The van der Waals surface area contributed by atoms with Gasteiger partial charge in [-0.2, -0.15) is 0 Å². The van der Waals surface area contributed by atoms with Gasteiger partial charge in [-0.05, 0) is 70.6 Å². The first kappa shape index (κ1) is 52.7. The van der Waals surface area contributed by atoms with Crippen LogP contribution in [-0.2, 0) is 32.7 Å². The van der Waals surface area contributed by atoms with E-state index in [2.05, 4.69) is 44.2 Å². The van der Waals surface area contributed by atoms with Gasteiger partial charge in [0.15, 0.2) is 6.10 Å². The van der Waals surface area contributed by atoms with Crippen molar-refractivity contribution < 1.29 is 47.2 Å². The van der Waals surface area contributed by atoms with Gasteiger partial charge in [0.05, 0.1) is 33.9 Å². The van der Waals surface area contributed by atoms with E-state index in [1.807, 2.05) is 39.4 Å². The van der Waals surface area contributed by atoms with Gasteiger partial charge in [-0.3, -0.25) is 18.6 Å². The third-order valence-electron chi connectivity index (χ3n) is 8.60. The zero-order valence-corrected chi connectivity index (χ0v) is 36.1. The minimum absolute atomic E-state index is 0.00553. The number of likely N-dealkylation sites (N-methyl/N-ethyl adjacent to an activating group) is 1. The SMILES string of the molecule is CCCCC/C=C\C/C=C\CC(O)/C=C\C=C\CCCC(=O)OC[C@H](COP(=O)(O)OCC[N+](C)(C)C)OC(=O)CCCCCCC/C=C\CCCCCC. The van der Waals surface area contributed by atoms with E-state index in [9.17, 15) is 24.2 Å². The van der Waals surface area contributed by atoms with E-state index in [0.29, 0.717) is 36.7 Å². The summed E-state index contributed by atoms with van der Waals surface area (Å²) in [5.41, 5.74) is 0. The van der Waals surface area contributed by atoms with E-state index in [4.69, 9.17) is 18.5 Å². The van der Waals surface area contributed by atoms with Crippen molar-refractivity contribution in [2.45, 2.75) is 161 Å². The van der Waals surface area contributed by atoms with E-state index in [1.165, 1.54) is 44.9 Å². The number of allylic oxidation sites excluding steroid dienone is 8. The molecule has 0 spiro atoms. The fourth-order valence-electron chi connectivity index (χ4n) is 5.20. The Balaban J connectivity index is 4.59. The van der Waals surface area contributed by atoms with Crippen molar-refractivity contribution in [3.05, 3.63) is 60.8 Å². The fraction of sp³-hybridized carbons (Fsp3) is 0.727. The van der Waals surface area contributed by atoms with E-state index in [-0.39, 0.29) is 26.1 Å². The summed E-state index contributed by atoms with van der Waals surface area (Å²) in [6.45, 7) is 4.18. The lowest BCUT2D eigenvalue weighted by Gasteiger charge is -2.24. The molecule has 3 atom stereocenters. The van der Waals surface area contributed by atoms with Crippen LogP contribution >= 0.6 is 7.82 Å². The molecule has 0 aromatic carbocycles. The smallest absolute Gasteiger partial charge is 0.462 e. The molecule has 318 valence electrons. The quantitative estimate of drug-likeness (QED) is 0.0158. The largest absolute Gasteiger partial charge is 0.472 e. The summed E-state index contributed by atoms with van der Waals surface area (Å²) < 4.78 is 34.1. The minimum atomic E-state index is -4.41. The number of hydrogen-bond acceptors (Lipinski definition) is 8. The standard InChI is InChI=1S/C44H78NO9P/c1-6-8-10-12-14-16-17-18-19-21-23-27-32-36-44(48)54-42(40-53-55(49,50)52-38-37-45(3,4)5)39-51-43(47)35-31-28-24-26-30-34-41(46)33-29-25-22-20-15-13-11-9-7-2/h15-17,20,24-26,29-30,34,41-42,46H,6-14,18-19,21-23,27-28,31-33,35-40H2,1-5H3/p+1/b17-16-,20-15-,26-24+,29-25-,34-30-/t41?,42-/m1/s1. The number of carbonyl (C=O) groups is 2. The lowest BCUT2D eigenvalue weighted by molar-refractivity contribution is -0.870. The van der Waals surface area contributed by atoms with E-state index in [0.717, 1.165) is 51.4 Å². The van der Waals surface area contributed by atoms with Crippen LogP contribution in [0.2, 0.25) is 0 Å². The van der Waals surface area contributed by atoms with Gasteiger partial charge >= 0.3 is 19.8 Å². The van der Waals surface area contributed by atoms with Gasteiger partial charge in [-0.25, -0.2) is 4.57 Å². The van der Waals surface area contributed by atoms with E-state index in [1.54, 1.807) is 12.2 Å². The average Bonchev–Trinajstić information content (AvgIpc) is 3.12. The van der Waals surface area contributed by atoms with Gasteiger partial charge in [-0.15, -0.1) is 0 Å². The molecule has 2 N–H and O–H groups in total. The highest BCUT2D eigenvalue weighted by molar-refractivity contribution is 7.47. The second-order valence-electron chi connectivity index (χ2n) is 15.2. The highest BCUT2D eigenvalue weighted by Gasteiger charge is 2.27. The Morgan fingerprint density at radius 2 is 1.22 bits per heavy atom. The molecule has 10 nitrogen and oxygen atoms in total. The zero-order chi connectivity index (χ0) is 40.9. The first-order chi connectivity index (χ1) is 26.4. The van der Waals surface area contributed by atoms with Crippen molar-refractivity contribution in [2.75, 3.05) is 47.5 Å². The molecule has 11 heteroatoms. The van der Waals surface area contributed by atoms with Gasteiger partial charge in [0.2, 0.25) is 0 Å². The molecule has 0 aromatic rings. The second-order valence-corrected chi connectivity index (χ2v) is 16.7. The Hall–Kier alpha value is -2.33. The number of rotatable bonds is 37. The molecular weight excluding hydrogens is 717 g/mol. The summed E-state index contributed by atoms with van der Waals surface area (Å²) in [6, 6.07) is 0. The lowest BCUT2D eigenvalue weighted by Crippen LogP contribution is -2.37. The molecular formula is C44H79NO9P+. The summed E-state index contributed by atoms with van der Waals surface area (Å²) in [5, 5.41) is 10.1. The number of phosphoric ester groups is 1. The van der Waals surface area contributed by atoms with Gasteiger partial charge < -0.3 is 24.0 Å². The highest BCUT2D eigenvalue weighted by Crippen LogP contribution is 2.43. The van der Waals surface area contributed by atoms with Crippen LogP contribution in [0.15, 0.2) is 60.8 Å². The number of carbonyl (C=O) groups excluding carboxylic acids is 2. The third-order valence-corrected chi connectivity index (χ3v) is 9.58. The second kappa shape index (κ2) is 36.0. The first-order valence-electron chi connectivity index (χ1n) is 21.1. The molecule has 0 rings (SSSR count). The van der Waals surface area contributed by atoms with Gasteiger partial charge in [-0.1, -0.05) is 126 Å². The molecule has 0 fully saturated rings. The number of aliphatic hydroxyl groups is 1. The molecule has 0 amide bonds. The fourth-order valence-corrected chi connectivity index (χ4v) is 5.94. The molecule has 0 saturated heterocycles. The molecule has 0 aliphatic rings. The van der Waals surface area contributed by atoms with E-state index < -0.39 is 38.6 Å². The van der Waals surface area contributed by atoms with Gasteiger partial charge in [0, 0.05) is 12.8 Å². The molecule has 0 radical (unpaired) electrons. The van der Waals surface area contributed by atoms with Gasteiger partial charge in [0.25, 0.3) is 0 Å². The third kappa shape index (κ3) is 39.7. The minimum Gasteiger partial charge on any atom is -0.462 e. The predicted octanol–water partition coefficient (Wildman–Crippen LogP) is 10.7. The van der Waals surface area contributed by atoms with Crippen LogP contribution in [0.5, 0.6) is 0 Å². The molecule has 2 unspecified atom stereocenters. The Morgan fingerprint density at radius 3 is 1.91 bits per heavy atom. The number of phosphoric acid groups is 1. The number of quaternary nitrogens is 1. The summed E-state index contributed by atoms with van der Waals surface area (Å²) in [7, 11) is 1.39. The number of ether oxygens (including phenoxy) is 2. The summed E-state index contributed by atoms with van der Waals surface area (Å²) in [4.78, 5) is 35.3. The van der Waals surface area contributed by atoms with E-state index >= 15 is 0 Å². The number of hydrogen-bond donors (Lipinski definition) is 2. The monoisotopic (exact) mass is 797 g/mol. The maximum Gasteiger partial charge on any atom is 0.472 e. The molecule has 55 heavy (non-hydrogen) atoms. The van der Waals surface area contributed by atoms with Crippen molar-refractivity contribution in [2.24, 2.45) is 0 Å². The molecule has 0 bridgehead atoms. The number of aliphatic hydroxyl groups excluding tert-OH is 1. The molecule has 0 saturated carbocycles. The average molecular weight is 797 g/mol. The number of unbranched alkanes of at least 4 members (excludes halogenated alkanes) is 13. The normalized spacial score (nSPS) is 14.8. The Labute approximate surface area is 335 Å². The van der Waals surface area contributed by atoms with Crippen molar-refractivity contribution in [1.29, 1.82) is 0 Å². The highest BCUT2D eigenvalue weighted by atomic mass is 31.2. The zero-order valence-electron chi connectivity index (χ0n) is 35.3. The Bertz CT molecular complexity index is 1140.